The summed E-state index contributed by atoms with van der Waals surface area (Å²) >= 11 is 1.85. The zero-order valence-corrected chi connectivity index (χ0v) is 13.1. The smallest absolute Gasteiger partial charge is 0.137 e. The molecule has 0 atom stereocenters. The Labute approximate surface area is 127 Å². The van der Waals surface area contributed by atoms with Gasteiger partial charge in [0.1, 0.15) is 5.65 Å². The third-order valence-electron chi connectivity index (χ3n) is 2.80. The van der Waals surface area contributed by atoms with Crippen molar-refractivity contribution in [2.45, 2.75) is 11.8 Å². The highest BCUT2D eigenvalue weighted by Gasteiger charge is 2.04. The first-order valence-electron chi connectivity index (χ1n) is 6.04. The second kappa shape index (κ2) is 6.26. The lowest BCUT2D eigenvalue weighted by molar-refractivity contribution is 1.13. The van der Waals surface area contributed by atoms with Gasteiger partial charge in [-0.05, 0) is 17.9 Å². The van der Waals surface area contributed by atoms with Gasteiger partial charge in [-0.15, -0.1) is 28.7 Å². The van der Waals surface area contributed by atoms with Gasteiger partial charge >= 0.3 is 0 Å². The first-order chi connectivity index (χ1) is 8.86. The number of pyridine rings is 1. The Balaban J connectivity index is 0.00000133. The van der Waals surface area contributed by atoms with Crippen LogP contribution >= 0.6 is 28.7 Å². The van der Waals surface area contributed by atoms with Crippen LogP contribution in [0.25, 0.3) is 16.9 Å². The summed E-state index contributed by atoms with van der Waals surface area (Å²) in [6.45, 7) is 2.16. The van der Waals surface area contributed by atoms with E-state index in [-0.39, 0.29) is 17.0 Å². The number of nitrogens with zero attached hydrogens (tertiary/aromatic N) is 2. The largest absolute Gasteiger partial charge is 0.305 e. The lowest BCUT2D eigenvalue weighted by Gasteiger charge is -1.98. The SMILES string of the molecule is Br.CCSc1ccc2nc(-c3ccccc3)cn2c1. The molecule has 19 heavy (non-hydrogen) atoms. The molecule has 0 unspecified atom stereocenters. The number of hydrogen-bond acceptors (Lipinski definition) is 2. The summed E-state index contributed by atoms with van der Waals surface area (Å²) in [5.41, 5.74) is 3.18. The molecule has 0 bridgehead atoms. The summed E-state index contributed by atoms with van der Waals surface area (Å²) in [4.78, 5) is 5.92. The van der Waals surface area contributed by atoms with Crippen molar-refractivity contribution >= 4 is 34.4 Å². The van der Waals surface area contributed by atoms with Crippen molar-refractivity contribution < 1.29 is 0 Å². The molecular formula is C15H15BrN2S. The second-order valence-corrected chi connectivity index (χ2v) is 5.39. The van der Waals surface area contributed by atoms with Gasteiger partial charge in [0.25, 0.3) is 0 Å². The molecule has 3 aromatic rings. The van der Waals surface area contributed by atoms with Gasteiger partial charge in [-0.2, -0.15) is 0 Å². The molecule has 4 heteroatoms. The van der Waals surface area contributed by atoms with E-state index in [0.29, 0.717) is 0 Å². The van der Waals surface area contributed by atoms with Crippen LogP contribution in [0.2, 0.25) is 0 Å². The minimum Gasteiger partial charge on any atom is -0.305 e. The molecule has 2 aromatic heterocycles. The van der Waals surface area contributed by atoms with E-state index in [2.05, 4.69) is 53.0 Å². The quantitative estimate of drug-likeness (QED) is 0.646. The van der Waals surface area contributed by atoms with Crippen molar-refractivity contribution in [1.82, 2.24) is 9.38 Å². The topological polar surface area (TPSA) is 17.3 Å². The Morgan fingerprint density at radius 3 is 2.58 bits per heavy atom. The predicted molar refractivity (Wildman–Crippen MR) is 87.3 cm³/mol. The second-order valence-electron chi connectivity index (χ2n) is 4.06. The highest BCUT2D eigenvalue weighted by Crippen LogP contribution is 2.22. The van der Waals surface area contributed by atoms with Crippen LogP contribution in [0.15, 0.2) is 59.8 Å². The number of halogens is 1. The molecule has 0 aliphatic heterocycles. The Morgan fingerprint density at radius 1 is 1.05 bits per heavy atom. The number of thioether (sulfide) groups is 1. The first-order valence-corrected chi connectivity index (χ1v) is 7.02. The molecule has 3 rings (SSSR count). The van der Waals surface area contributed by atoms with Gasteiger partial charge in [0.2, 0.25) is 0 Å². The Morgan fingerprint density at radius 2 is 1.84 bits per heavy atom. The number of imidazole rings is 1. The lowest BCUT2D eigenvalue weighted by atomic mass is 10.2. The predicted octanol–water partition coefficient (Wildman–Crippen LogP) is 4.69. The van der Waals surface area contributed by atoms with Crippen molar-refractivity contribution in [2.75, 3.05) is 5.75 Å². The molecule has 0 spiro atoms. The summed E-state index contributed by atoms with van der Waals surface area (Å²) in [6.07, 6.45) is 4.23. The van der Waals surface area contributed by atoms with E-state index < -0.39 is 0 Å². The maximum Gasteiger partial charge on any atom is 0.137 e. The van der Waals surface area contributed by atoms with Crippen LogP contribution in [-0.2, 0) is 0 Å². The third kappa shape index (κ3) is 3.01. The average molecular weight is 335 g/mol. The fourth-order valence-corrected chi connectivity index (χ4v) is 2.66. The van der Waals surface area contributed by atoms with Crippen molar-refractivity contribution in [3.63, 3.8) is 0 Å². The van der Waals surface area contributed by atoms with Crippen LogP contribution in [0.1, 0.15) is 6.92 Å². The normalized spacial score (nSPS) is 10.4. The maximum absolute atomic E-state index is 4.64. The summed E-state index contributed by atoms with van der Waals surface area (Å²) in [5, 5.41) is 0. The molecule has 0 aliphatic rings. The van der Waals surface area contributed by atoms with Crippen LogP contribution in [0.3, 0.4) is 0 Å². The Kier molecular flexibility index (Phi) is 4.66. The monoisotopic (exact) mass is 334 g/mol. The van der Waals surface area contributed by atoms with Crippen LogP contribution in [0.4, 0.5) is 0 Å². The molecule has 2 heterocycles. The number of aromatic nitrogens is 2. The summed E-state index contributed by atoms with van der Waals surface area (Å²) in [6, 6.07) is 14.5. The van der Waals surface area contributed by atoms with Crippen molar-refractivity contribution in [2.24, 2.45) is 0 Å². The van der Waals surface area contributed by atoms with E-state index in [0.717, 1.165) is 22.7 Å². The zero-order valence-electron chi connectivity index (χ0n) is 10.6. The van der Waals surface area contributed by atoms with E-state index >= 15 is 0 Å². The van der Waals surface area contributed by atoms with Gasteiger partial charge in [-0.3, -0.25) is 0 Å². The van der Waals surface area contributed by atoms with Crippen molar-refractivity contribution in [3.05, 3.63) is 54.9 Å². The van der Waals surface area contributed by atoms with Crippen LogP contribution in [0, 0.1) is 0 Å². The highest BCUT2D eigenvalue weighted by atomic mass is 79.9. The fraction of sp³-hybridized carbons (Fsp3) is 0.133. The molecular weight excluding hydrogens is 320 g/mol. The fourth-order valence-electron chi connectivity index (χ4n) is 1.97. The highest BCUT2D eigenvalue weighted by molar-refractivity contribution is 8.93. The van der Waals surface area contributed by atoms with Crippen molar-refractivity contribution in [3.8, 4) is 11.3 Å². The standard InChI is InChI=1S/C15H14N2S.BrH/c1-2-18-13-8-9-15-16-14(11-17(15)10-13)12-6-4-3-5-7-12;/h3-11H,2H2,1H3;1H. The number of rotatable bonds is 3. The van der Waals surface area contributed by atoms with E-state index in [1.54, 1.807) is 0 Å². The molecule has 1 aromatic carbocycles. The molecule has 2 nitrogen and oxygen atoms in total. The lowest BCUT2D eigenvalue weighted by Crippen LogP contribution is -1.83. The van der Waals surface area contributed by atoms with Gasteiger partial charge in [-0.1, -0.05) is 37.3 Å². The molecule has 0 fully saturated rings. The molecule has 98 valence electrons. The third-order valence-corrected chi connectivity index (χ3v) is 3.67. The van der Waals surface area contributed by atoms with E-state index in [1.807, 2.05) is 30.0 Å². The minimum atomic E-state index is 0. The van der Waals surface area contributed by atoms with E-state index in [4.69, 9.17) is 0 Å². The molecule has 0 saturated carbocycles. The molecule has 0 radical (unpaired) electrons. The Bertz CT molecular complexity index is 664. The first kappa shape index (κ1) is 14.2. The van der Waals surface area contributed by atoms with Crippen LogP contribution in [0.5, 0.6) is 0 Å². The van der Waals surface area contributed by atoms with Gasteiger partial charge in [0, 0.05) is 22.9 Å². The zero-order chi connectivity index (χ0) is 12.4. The van der Waals surface area contributed by atoms with Gasteiger partial charge < -0.3 is 4.40 Å². The van der Waals surface area contributed by atoms with Crippen LogP contribution < -0.4 is 0 Å². The molecule has 0 saturated heterocycles. The summed E-state index contributed by atoms with van der Waals surface area (Å²) in [5.74, 6) is 1.09. The maximum atomic E-state index is 4.64. The molecule has 0 amide bonds. The number of hydrogen-bond donors (Lipinski definition) is 0. The van der Waals surface area contributed by atoms with E-state index in [1.165, 1.54) is 4.90 Å². The molecule has 0 N–H and O–H groups in total. The average Bonchev–Trinajstić information content (AvgIpc) is 2.83. The van der Waals surface area contributed by atoms with Gasteiger partial charge in [-0.25, -0.2) is 4.98 Å². The number of benzene rings is 1. The summed E-state index contributed by atoms with van der Waals surface area (Å²) in [7, 11) is 0. The minimum absolute atomic E-state index is 0. The van der Waals surface area contributed by atoms with Crippen molar-refractivity contribution in [1.29, 1.82) is 0 Å². The molecule has 0 aliphatic carbocycles. The number of fused-ring (bicyclic) bond motifs is 1. The summed E-state index contributed by atoms with van der Waals surface area (Å²) < 4.78 is 2.10. The van der Waals surface area contributed by atoms with Gasteiger partial charge in [0.05, 0.1) is 5.69 Å². The Hall–Kier alpha value is -1.26. The van der Waals surface area contributed by atoms with Crippen LogP contribution in [-0.4, -0.2) is 15.1 Å². The van der Waals surface area contributed by atoms with E-state index in [9.17, 15) is 0 Å². The van der Waals surface area contributed by atoms with Gasteiger partial charge in [0.15, 0.2) is 0 Å².